The number of nitrogens with one attached hydrogen (secondary N) is 1. The van der Waals surface area contributed by atoms with E-state index in [1.165, 1.54) is 4.31 Å². The van der Waals surface area contributed by atoms with Crippen molar-refractivity contribution in [2.45, 2.75) is 12.8 Å². The van der Waals surface area contributed by atoms with E-state index in [4.69, 9.17) is 17.3 Å². The minimum absolute atomic E-state index is 0.416. The SMILES string of the molecule is NCC1CCN(S(=O)(=O)Nc2cccc(Cl)c2Br)CC1. The molecular formula is C12H17BrClN3O2S. The summed E-state index contributed by atoms with van der Waals surface area (Å²) in [6.07, 6.45) is 1.60. The van der Waals surface area contributed by atoms with Gasteiger partial charge in [-0.15, -0.1) is 0 Å². The monoisotopic (exact) mass is 381 g/mol. The van der Waals surface area contributed by atoms with E-state index < -0.39 is 10.2 Å². The van der Waals surface area contributed by atoms with Gasteiger partial charge in [0, 0.05) is 13.1 Å². The Morgan fingerprint density at radius 2 is 2.05 bits per heavy atom. The number of hydrogen-bond acceptors (Lipinski definition) is 3. The third-order valence-electron chi connectivity index (χ3n) is 3.44. The Balaban J connectivity index is 2.10. The summed E-state index contributed by atoms with van der Waals surface area (Å²) in [5.74, 6) is 0.416. The van der Waals surface area contributed by atoms with E-state index >= 15 is 0 Å². The molecule has 0 unspecified atom stereocenters. The molecule has 1 aromatic carbocycles. The van der Waals surface area contributed by atoms with Crippen LogP contribution in [0.4, 0.5) is 5.69 Å². The summed E-state index contributed by atoms with van der Waals surface area (Å²) in [5, 5.41) is 0.465. The molecule has 0 atom stereocenters. The maximum atomic E-state index is 12.3. The molecule has 1 aliphatic rings. The van der Waals surface area contributed by atoms with Gasteiger partial charge in [-0.25, -0.2) is 0 Å². The Morgan fingerprint density at radius 1 is 1.40 bits per heavy atom. The molecule has 1 saturated heterocycles. The van der Waals surface area contributed by atoms with E-state index in [9.17, 15) is 8.42 Å². The lowest BCUT2D eigenvalue weighted by Gasteiger charge is -2.30. The van der Waals surface area contributed by atoms with Gasteiger partial charge in [-0.1, -0.05) is 17.7 Å². The van der Waals surface area contributed by atoms with Gasteiger partial charge in [-0.2, -0.15) is 12.7 Å². The fourth-order valence-electron chi connectivity index (χ4n) is 2.17. The number of piperidine rings is 1. The van der Waals surface area contributed by atoms with Gasteiger partial charge in [-0.3, -0.25) is 4.72 Å². The number of rotatable bonds is 4. The van der Waals surface area contributed by atoms with Crippen LogP contribution in [0.15, 0.2) is 22.7 Å². The zero-order chi connectivity index (χ0) is 14.8. The highest BCUT2D eigenvalue weighted by atomic mass is 79.9. The van der Waals surface area contributed by atoms with Crippen molar-refractivity contribution in [3.63, 3.8) is 0 Å². The Morgan fingerprint density at radius 3 is 2.65 bits per heavy atom. The average molecular weight is 383 g/mol. The van der Waals surface area contributed by atoms with E-state index in [1.807, 2.05) is 0 Å². The molecule has 0 saturated carbocycles. The predicted molar refractivity (Wildman–Crippen MR) is 85.0 cm³/mol. The predicted octanol–water partition coefficient (Wildman–Crippen LogP) is 2.43. The summed E-state index contributed by atoms with van der Waals surface area (Å²) in [5.41, 5.74) is 6.06. The van der Waals surface area contributed by atoms with Gasteiger partial charge >= 0.3 is 10.2 Å². The quantitative estimate of drug-likeness (QED) is 0.840. The number of nitrogens with two attached hydrogens (primary N) is 1. The first kappa shape index (κ1) is 16.0. The summed E-state index contributed by atoms with van der Waals surface area (Å²) in [6, 6.07) is 5.06. The van der Waals surface area contributed by atoms with Crippen LogP contribution in [0.3, 0.4) is 0 Å². The van der Waals surface area contributed by atoms with Crippen molar-refractivity contribution >= 4 is 43.4 Å². The molecule has 1 heterocycles. The minimum atomic E-state index is -3.55. The zero-order valence-electron chi connectivity index (χ0n) is 10.9. The van der Waals surface area contributed by atoms with E-state index in [1.54, 1.807) is 18.2 Å². The smallest absolute Gasteiger partial charge is 0.301 e. The summed E-state index contributed by atoms with van der Waals surface area (Å²) in [6.45, 7) is 1.60. The molecule has 0 aromatic heterocycles. The van der Waals surface area contributed by atoms with Crippen LogP contribution in [0.25, 0.3) is 0 Å². The number of nitrogens with zero attached hydrogens (tertiary/aromatic N) is 1. The lowest BCUT2D eigenvalue weighted by molar-refractivity contribution is 0.280. The summed E-state index contributed by atoms with van der Waals surface area (Å²) < 4.78 is 29.2. The lowest BCUT2D eigenvalue weighted by atomic mass is 9.99. The maximum Gasteiger partial charge on any atom is 0.301 e. The first-order valence-corrected chi connectivity index (χ1v) is 8.97. The van der Waals surface area contributed by atoms with E-state index in [0.29, 0.717) is 40.7 Å². The molecule has 0 radical (unpaired) electrons. The normalized spacial score (nSPS) is 18.1. The molecule has 1 aromatic rings. The molecule has 3 N–H and O–H groups in total. The number of halogens is 2. The van der Waals surface area contributed by atoms with Crippen LogP contribution >= 0.6 is 27.5 Å². The second-order valence-electron chi connectivity index (χ2n) is 4.79. The van der Waals surface area contributed by atoms with E-state index in [2.05, 4.69) is 20.7 Å². The van der Waals surface area contributed by atoms with Crippen LogP contribution in [0.1, 0.15) is 12.8 Å². The van der Waals surface area contributed by atoms with Gasteiger partial charge in [-0.05, 0) is 53.4 Å². The molecule has 0 spiro atoms. The molecule has 2 rings (SSSR count). The van der Waals surface area contributed by atoms with Crippen molar-refractivity contribution in [2.24, 2.45) is 11.7 Å². The summed E-state index contributed by atoms with van der Waals surface area (Å²) in [7, 11) is -3.55. The standard InChI is InChI=1S/C12H17BrClN3O2S/c13-12-10(14)2-1-3-11(12)16-20(18,19)17-6-4-9(8-15)5-7-17/h1-3,9,16H,4-8,15H2. The molecule has 0 aliphatic carbocycles. The van der Waals surface area contributed by atoms with Gasteiger partial charge in [0.1, 0.15) is 0 Å². The second kappa shape index (κ2) is 6.62. The van der Waals surface area contributed by atoms with E-state index in [-0.39, 0.29) is 0 Å². The van der Waals surface area contributed by atoms with Crippen molar-refractivity contribution in [3.8, 4) is 0 Å². The Kier molecular flexibility index (Phi) is 5.30. The third kappa shape index (κ3) is 3.65. The number of anilines is 1. The summed E-state index contributed by atoms with van der Waals surface area (Å²) >= 11 is 9.24. The topological polar surface area (TPSA) is 75.4 Å². The molecule has 8 heteroatoms. The van der Waals surface area contributed by atoms with Crippen molar-refractivity contribution in [3.05, 3.63) is 27.7 Å². The van der Waals surface area contributed by atoms with Crippen molar-refractivity contribution in [1.29, 1.82) is 0 Å². The van der Waals surface area contributed by atoms with Gasteiger partial charge in [0.15, 0.2) is 0 Å². The van der Waals surface area contributed by atoms with Crippen molar-refractivity contribution in [1.82, 2.24) is 4.31 Å². The first-order valence-electron chi connectivity index (χ1n) is 6.36. The van der Waals surface area contributed by atoms with Crippen LogP contribution in [0, 0.1) is 5.92 Å². The van der Waals surface area contributed by atoms with Crippen molar-refractivity contribution in [2.75, 3.05) is 24.4 Å². The van der Waals surface area contributed by atoms with Crippen LogP contribution in [0.2, 0.25) is 5.02 Å². The second-order valence-corrected chi connectivity index (χ2v) is 7.66. The zero-order valence-corrected chi connectivity index (χ0v) is 14.0. The lowest BCUT2D eigenvalue weighted by Crippen LogP contribution is -2.42. The molecule has 112 valence electrons. The molecule has 5 nitrogen and oxygen atoms in total. The Bertz CT molecular complexity index is 574. The van der Waals surface area contributed by atoms with Crippen LogP contribution in [-0.4, -0.2) is 32.4 Å². The molecule has 20 heavy (non-hydrogen) atoms. The Labute approximate surface area is 132 Å². The summed E-state index contributed by atoms with van der Waals surface area (Å²) in [4.78, 5) is 0. The minimum Gasteiger partial charge on any atom is -0.330 e. The van der Waals surface area contributed by atoms with Crippen LogP contribution in [-0.2, 0) is 10.2 Å². The maximum absolute atomic E-state index is 12.3. The molecule has 0 amide bonds. The van der Waals surface area contributed by atoms with Gasteiger partial charge < -0.3 is 5.73 Å². The number of hydrogen-bond donors (Lipinski definition) is 2. The van der Waals surface area contributed by atoms with Gasteiger partial charge in [0.25, 0.3) is 0 Å². The van der Waals surface area contributed by atoms with Crippen molar-refractivity contribution < 1.29 is 8.42 Å². The fraction of sp³-hybridized carbons (Fsp3) is 0.500. The highest BCUT2D eigenvalue weighted by Gasteiger charge is 2.27. The molecule has 1 fully saturated rings. The van der Waals surface area contributed by atoms with Crippen LogP contribution < -0.4 is 10.5 Å². The first-order chi connectivity index (χ1) is 9.44. The fourth-order valence-corrected chi connectivity index (χ4v) is 4.11. The van der Waals surface area contributed by atoms with Gasteiger partial charge in [0.05, 0.1) is 15.2 Å². The Hall–Kier alpha value is -0.340. The molecular weight excluding hydrogens is 366 g/mol. The van der Waals surface area contributed by atoms with E-state index in [0.717, 1.165) is 12.8 Å². The largest absolute Gasteiger partial charge is 0.330 e. The molecule has 0 bridgehead atoms. The highest BCUT2D eigenvalue weighted by Crippen LogP contribution is 2.31. The molecule has 1 aliphatic heterocycles. The number of benzene rings is 1. The third-order valence-corrected chi connectivity index (χ3v) is 6.36. The van der Waals surface area contributed by atoms with Crippen LogP contribution in [0.5, 0.6) is 0 Å². The van der Waals surface area contributed by atoms with Gasteiger partial charge in [0.2, 0.25) is 0 Å². The highest BCUT2D eigenvalue weighted by molar-refractivity contribution is 9.10. The average Bonchev–Trinajstić information content (AvgIpc) is 2.44.